The lowest BCUT2D eigenvalue weighted by atomic mass is 9.95. The summed E-state index contributed by atoms with van der Waals surface area (Å²) in [4.78, 5) is 14.5. The van der Waals surface area contributed by atoms with Crippen LogP contribution < -0.4 is 9.47 Å². The van der Waals surface area contributed by atoms with Gasteiger partial charge in [0, 0.05) is 24.4 Å². The fraction of sp³-hybridized carbons (Fsp3) is 0.400. The number of amides is 1. The first-order valence-electron chi connectivity index (χ1n) is 8.60. The molecule has 3 rings (SSSR count). The van der Waals surface area contributed by atoms with E-state index in [4.69, 9.17) is 0 Å². The highest BCUT2D eigenvalue weighted by Gasteiger charge is 2.26. The second-order valence-electron chi connectivity index (χ2n) is 6.24. The summed E-state index contributed by atoms with van der Waals surface area (Å²) in [6.07, 6.45) is 7.34. The Hall–Kier alpha value is -2.16. The zero-order chi connectivity index (χ0) is 16.2. The lowest BCUT2D eigenvalue weighted by Crippen LogP contribution is -2.44. The molecule has 0 unspecified atom stereocenters. The van der Waals surface area contributed by atoms with Gasteiger partial charge in [0.2, 0.25) is 6.54 Å². The number of aromatic nitrogens is 1. The van der Waals surface area contributed by atoms with E-state index in [2.05, 4.69) is 32.0 Å². The van der Waals surface area contributed by atoms with E-state index in [-0.39, 0.29) is 5.91 Å². The van der Waals surface area contributed by atoms with E-state index < -0.39 is 0 Å². The van der Waals surface area contributed by atoms with Gasteiger partial charge in [-0.25, -0.2) is 0 Å². The van der Waals surface area contributed by atoms with Crippen molar-refractivity contribution in [2.45, 2.75) is 45.6 Å². The quantitative estimate of drug-likeness (QED) is 0.776. The molecule has 1 amide bonds. The van der Waals surface area contributed by atoms with E-state index in [0.717, 1.165) is 31.5 Å². The number of carbonyl (C=O) groups excluding carboxylic acids is 1. The zero-order valence-electron chi connectivity index (χ0n) is 14.0. The number of nitrogens with zero attached hydrogens (tertiary/aromatic N) is 2. The molecular formula is C20H25N2O+. The maximum absolute atomic E-state index is 12.6. The van der Waals surface area contributed by atoms with Gasteiger partial charge < -0.3 is 4.90 Å². The first kappa shape index (κ1) is 15.7. The fourth-order valence-electron chi connectivity index (χ4n) is 3.45. The second-order valence-corrected chi connectivity index (χ2v) is 6.24. The van der Waals surface area contributed by atoms with Crippen LogP contribution in [-0.4, -0.2) is 12.5 Å². The largest absolute Gasteiger partial charge is 0.306 e. The predicted octanol–water partition coefficient (Wildman–Crippen LogP) is 3.47. The zero-order valence-corrected chi connectivity index (χ0v) is 14.0. The Kier molecular flexibility index (Phi) is 4.75. The maximum Gasteiger partial charge on any atom is 0.292 e. The summed E-state index contributed by atoms with van der Waals surface area (Å²) in [5, 5.41) is 0. The van der Waals surface area contributed by atoms with Crippen molar-refractivity contribution in [3.05, 3.63) is 59.9 Å². The average Bonchev–Trinajstić information content (AvgIpc) is 3.01. The van der Waals surface area contributed by atoms with Gasteiger partial charge in [-0.05, 0) is 42.4 Å². The Morgan fingerprint density at radius 3 is 2.52 bits per heavy atom. The predicted molar refractivity (Wildman–Crippen MR) is 92.5 cm³/mol. The summed E-state index contributed by atoms with van der Waals surface area (Å²) >= 11 is 0. The molecule has 0 saturated carbocycles. The molecule has 0 fully saturated rings. The van der Waals surface area contributed by atoms with Crippen LogP contribution >= 0.6 is 0 Å². The topological polar surface area (TPSA) is 24.2 Å². The molecule has 0 saturated heterocycles. The highest BCUT2D eigenvalue weighted by Crippen LogP contribution is 2.27. The van der Waals surface area contributed by atoms with Crippen LogP contribution in [0.5, 0.6) is 0 Å². The van der Waals surface area contributed by atoms with Crippen LogP contribution in [0, 0.1) is 0 Å². The van der Waals surface area contributed by atoms with Crippen molar-refractivity contribution in [3.8, 4) is 0 Å². The van der Waals surface area contributed by atoms with E-state index in [1.54, 1.807) is 0 Å². The number of benzene rings is 1. The summed E-state index contributed by atoms with van der Waals surface area (Å²) in [6, 6.07) is 12.5. The van der Waals surface area contributed by atoms with Gasteiger partial charge in [0.25, 0.3) is 5.91 Å². The van der Waals surface area contributed by atoms with Gasteiger partial charge in [0.1, 0.15) is 0 Å². The van der Waals surface area contributed by atoms with E-state index in [0.29, 0.717) is 12.5 Å². The monoisotopic (exact) mass is 309 g/mol. The third-order valence-corrected chi connectivity index (χ3v) is 4.88. The molecular weight excluding hydrogens is 284 g/mol. The number of pyridine rings is 1. The minimum atomic E-state index is 0.162. The molecule has 23 heavy (non-hydrogen) atoms. The Morgan fingerprint density at radius 1 is 1.13 bits per heavy atom. The van der Waals surface area contributed by atoms with Crippen molar-refractivity contribution in [3.63, 3.8) is 0 Å². The Labute approximate surface area is 138 Å². The highest BCUT2D eigenvalue weighted by atomic mass is 16.2. The lowest BCUT2D eigenvalue weighted by molar-refractivity contribution is -0.684. The van der Waals surface area contributed by atoms with Crippen molar-refractivity contribution >= 4 is 11.6 Å². The molecule has 0 atom stereocenters. The third kappa shape index (κ3) is 3.29. The van der Waals surface area contributed by atoms with Gasteiger partial charge in [0.15, 0.2) is 12.4 Å². The lowest BCUT2D eigenvalue weighted by Gasteiger charge is -2.15. The van der Waals surface area contributed by atoms with Gasteiger partial charge in [-0.3, -0.25) is 4.79 Å². The number of hydrogen-bond donors (Lipinski definition) is 0. The van der Waals surface area contributed by atoms with E-state index in [9.17, 15) is 4.79 Å². The van der Waals surface area contributed by atoms with Crippen LogP contribution in [0.1, 0.15) is 43.7 Å². The molecule has 0 aliphatic carbocycles. The number of hydrogen-bond acceptors (Lipinski definition) is 1. The first-order chi connectivity index (χ1) is 11.2. The van der Waals surface area contributed by atoms with Crippen molar-refractivity contribution in [1.82, 2.24) is 0 Å². The number of carbonyl (C=O) groups is 1. The smallest absolute Gasteiger partial charge is 0.292 e. The highest BCUT2D eigenvalue weighted by molar-refractivity contribution is 5.94. The number of fused-ring (bicyclic) bond motifs is 1. The second kappa shape index (κ2) is 6.95. The molecule has 120 valence electrons. The molecule has 1 aromatic heterocycles. The fourth-order valence-corrected chi connectivity index (χ4v) is 3.45. The van der Waals surface area contributed by atoms with Crippen LogP contribution in [0.25, 0.3) is 0 Å². The van der Waals surface area contributed by atoms with Crippen LogP contribution in [0.2, 0.25) is 0 Å². The van der Waals surface area contributed by atoms with E-state index >= 15 is 0 Å². The van der Waals surface area contributed by atoms with Crippen LogP contribution in [0.15, 0.2) is 48.8 Å². The van der Waals surface area contributed by atoms with Gasteiger partial charge in [-0.2, -0.15) is 4.57 Å². The van der Waals surface area contributed by atoms with E-state index in [1.165, 1.54) is 11.1 Å². The SMILES string of the molecule is CCC(CC)c1cc[n+](CC(=O)N2CCc3ccccc32)cc1. The minimum absolute atomic E-state index is 0.162. The molecule has 1 aliphatic rings. The molecule has 0 bridgehead atoms. The number of para-hydroxylation sites is 1. The van der Waals surface area contributed by atoms with Gasteiger partial charge in [0.05, 0.1) is 0 Å². The first-order valence-corrected chi connectivity index (χ1v) is 8.60. The molecule has 1 aliphatic heterocycles. The average molecular weight is 309 g/mol. The van der Waals surface area contributed by atoms with Gasteiger partial charge in [-0.1, -0.05) is 32.0 Å². The summed E-state index contributed by atoms with van der Waals surface area (Å²) in [5.74, 6) is 0.779. The maximum atomic E-state index is 12.6. The standard InChI is InChI=1S/C20H25N2O/c1-3-16(4-2)17-9-12-21(13-10-17)15-20(23)22-14-11-18-7-5-6-8-19(18)22/h5-10,12-13,16H,3-4,11,14-15H2,1-2H3/q+1. The van der Waals surface area contributed by atoms with Crippen molar-refractivity contribution in [1.29, 1.82) is 0 Å². The molecule has 3 heteroatoms. The normalized spacial score (nSPS) is 13.4. The molecule has 2 heterocycles. The molecule has 1 aromatic carbocycles. The van der Waals surface area contributed by atoms with Crippen LogP contribution in [0.3, 0.4) is 0 Å². The van der Waals surface area contributed by atoms with Crippen molar-refractivity contribution < 1.29 is 9.36 Å². The molecule has 0 N–H and O–H groups in total. The third-order valence-electron chi connectivity index (χ3n) is 4.88. The Morgan fingerprint density at radius 2 is 1.83 bits per heavy atom. The summed E-state index contributed by atoms with van der Waals surface area (Å²) in [6.45, 7) is 5.65. The number of anilines is 1. The van der Waals surface area contributed by atoms with Crippen LogP contribution in [0.4, 0.5) is 5.69 Å². The molecule has 2 aromatic rings. The van der Waals surface area contributed by atoms with Crippen molar-refractivity contribution in [2.75, 3.05) is 11.4 Å². The molecule has 0 radical (unpaired) electrons. The molecule has 0 spiro atoms. The Balaban J connectivity index is 1.69. The summed E-state index contributed by atoms with van der Waals surface area (Å²) in [5.41, 5.74) is 3.71. The van der Waals surface area contributed by atoms with Gasteiger partial charge >= 0.3 is 0 Å². The molecule has 3 nitrogen and oxygen atoms in total. The number of rotatable bonds is 5. The Bertz CT molecular complexity index is 674. The minimum Gasteiger partial charge on any atom is -0.306 e. The summed E-state index contributed by atoms with van der Waals surface area (Å²) < 4.78 is 1.98. The van der Waals surface area contributed by atoms with E-state index in [1.807, 2.05) is 40.1 Å². The van der Waals surface area contributed by atoms with Crippen LogP contribution in [-0.2, 0) is 17.8 Å². The van der Waals surface area contributed by atoms with Gasteiger partial charge in [-0.15, -0.1) is 0 Å². The summed E-state index contributed by atoms with van der Waals surface area (Å²) in [7, 11) is 0. The van der Waals surface area contributed by atoms with Crippen molar-refractivity contribution in [2.24, 2.45) is 0 Å².